The number of thiophene rings is 1. The number of halogens is 1. The van der Waals surface area contributed by atoms with Crippen LogP contribution in [0.3, 0.4) is 0 Å². The molecule has 0 radical (unpaired) electrons. The van der Waals surface area contributed by atoms with Gasteiger partial charge >= 0.3 is 0 Å². The lowest BCUT2D eigenvalue weighted by molar-refractivity contribution is 0.102. The Hall–Kier alpha value is -1.97. The molecule has 0 saturated carbocycles. The van der Waals surface area contributed by atoms with Crippen molar-refractivity contribution >= 4 is 50.3 Å². The molecular weight excluding hydrogens is 416 g/mol. The second kappa shape index (κ2) is 6.33. The standard InChI is InChI=1S/C17H17BrN6OS/c18-15-13(5-6-26-15)21-16(25)14-4-3-12-8-20-17(22-24(12)14)23-9-10-1-2-11(23)7-19-10/h3-6,8,10-11,19H,1-2,7,9H2,(H,21,25). The summed E-state index contributed by atoms with van der Waals surface area (Å²) in [6.07, 6.45) is 4.15. The number of carbonyl (C=O) groups is 1. The second-order valence-corrected chi connectivity index (χ2v) is 8.90. The van der Waals surface area contributed by atoms with E-state index >= 15 is 0 Å². The third kappa shape index (κ3) is 2.70. The van der Waals surface area contributed by atoms with Crippen LogP contribution in [0.2, 0.25) is 0 Å². The minimum Gasteiger partial charge on any atom is -0.334 e. The number of hydrogen-bond acceptors (Lipinski definition) is 6. The number of nitrogens with one attached hydrogen (secondary N) is 2. The van der Waals surface area contributed by atoms with Crippen LogP contribution in [0, 0.1) is 0 Å². The van der Waals surface area contributed by atoms with E-state index in [2.05, 4.69) is 41.5 Å². The molecule has 6 rings (SSSR count). The van der Waals surface area contributed by atoms with Crippen LogP contribution >= 0.6 is 27.3 Å². The van der Waals surface area contributed by atoms with Gasteiger partial charge in [0.15, 0.2) is 0 Å². The minimum atomic E-state index is -0.185. The van der Waals surface area contributed by atoms with Crippen LogP contribution in [0.25, 0.3) is 5.52 Å². The monoisotopic (exact) mass is 432 g/mol. The normalized spacial score (nSPS) is 22.1. The molecular formula is C17H17BrN6OS. The quantitative estimate of drug-likeness (QED) is 0.665. The maximum atomic E-state index is 12.7. The Balaban J connectivity index is 1.47. The molecule has 7 nitrogen and oxygen atoms in total. The molecule has 2 atom stereocenters. The number of nitrogens with zero attached hydrogens (tertiary/aromatic N) is 4. The van der Waals surface area contributed by atoms with Crippen molar-refractivity contribution in [3.05, 3.63) is 39.3 Å². The van der Waals surface area contributed by atoms with Crippen LogP contribution in [-0.2, 0) is 0 Å². The SMILES string of the molecule is O=C(Nc1ccsc1Br)c1ccc2cnc(N3CC4CCC3CN4)nn12. The van der Waals surface area contributed by atoms with Crippen LogP contribution in [-0.4, -0.2) is 45.7 Å². The fraction of sp³-hybridized carbons (Fsp3) is 0.353. The number of piperazine rings is 1. The van der Waals surface area contributed by atoms with Crippen LogP contribution in [0.5, 0.6) is 0 Å². The first-order valence-electron chi connectivity index (χ1n) is 8.58. The molecule has 3 fully saturated rings. The average Bonchev–Trinajstić information content (AvgIpc) is 3.28. The smallest absolute Gasteiger partial charge is 0.274 e. The average molecular weight is 433 g/mol. The number of rotatable bonds is 3. The zero-order chi connectivity index (χ0) is 17.7. The van der Waals surface area contributed by atoms with Crippen molar-refractivity contribution < 1.29 is 4.79 Å². The van der Waals surface area contributed by atoms with Gasteiger partial charge in [-0.05, 0) is 52.4 Å². The summed E-state index contributed by atoms with van der Waals surface area (Å²) in [7, 11) is 0. The number of fused-ring (bicyclic) bond motifs is 4. The summed E-state index contributed by atoms with van der Waals surface area (Å²) < 4.78 is 2.59. The fourth-order valence-electron chi connectivity index (χ4n) is 3.72. The molecule has 2 unspecified atom stereocenters. The highest BCUT2D eigenvalue weighted by Crippen LogP contribution is 2.29. The minimum absolute atomic E-state index is 0.185. The zero-order valence-corrected chi connectivity index (χ0v) is 16.3. The van der Waals surface area contributed by atoms with Crippen molar-refractivity contribution in [3.63, 3.8) is 0 Å². The predicted octanol–water partition coefficient (Wildman–Crippen LogP) is 2.75. The van der Waals surface area contributed by atoms with Gasteiger partial charge in [0, 0.05) is 25.2 Å². The van der Waals surface area contributed by atoms with E-state index in [1.54, 1.807) is 16.8 Å². The third-order valence-corrected chi connectivity index (χ3v) is 6.78. The number of hydrogen-bond donors (Lipinski definition) is 2. The van der Waals surface area contributed by atoms with Crippen molar-refractivity contribution in [1.82, 2.24) is 19.9 Å². The first-order chi connectivity index (χ1) is 12.7. The molecule has 0 aliphatic carbocycles. The first-order valence-corrected chi connectivity index (χ1v) is 10.3. The lowest BCUT2D eigenvalue weighted by Crippen LogP contribution is -2.61. The Labute approximate surface area is 162 Å². The Morgan fingerprint density at radius 1 is 1.35 bits per heavy atom. The zero-order valence-electron chi connectivity index (χ0n) is 13.9. The van der Waals surface area contributed by atoms with E-state index in [0.717, 1.165) is 34.5 Å². The third-order valence-electron chi connectivity index (χ3n) is 5.09. The molecule has 3 aliphatic rings. The molecule has 9 heteroatoms. The fourth-order valence-corrected chi connectivity index (χ4v) is 4.84. The molecule has 3 aromatic heterocycles. The molecule has 134 valence electrons. The largest absolute Gasteiger partial charge is 0.334 e. The van der Waals surface area contributed by atoms with Crippen LogP contribution in [0.1, 0.15) is 23.3 Å². The van der Waals surface area contributed by atoms with Gasteiger partial charge in [-0.2, -0.15) is 0 Å². The number of carbonyl (C=O) groups excluding carboxylic acids is 1. The lowest BCUT2D eigenvalue weighted by atomic mass is 9.93. The van der Waals surface area contributed by atoms with Gasteiger partial charge in [-0.15, -0.1) is 16.4 Å². The summed E-state index contributed by atoms with van der Waals surface area (Å²) in [6.45, 7) is 1.89. The van der Waals surface area contributed by atoms with Crippen molar-refractivity contribution in [2.45, 2.75) is 24.9 Å². The van der Waals surface area contributed by atoms with Gasteiger partial charge < -0.3 is 15.5 Å². The number of anilines is 2. The summed E-state index contributed by atoms with van der Waals surface area (Å²) in [6, 6.07) is 6.45. The van der Waals surface area contributed by atoms with Crippen LogP contribution in [0.15, 0.2) is 33.6 Å². The Kier molecular flexibility index (Phi) is 3.95. The topological polar surface area (TPSA) is 74.6 Å². The van der Waals surface area contributed by atoms with E-state index in [1.807, 2.05) is 17.5 Å². The van der Waals surface area contributed by atoms with Crippen molar-refractivity contribution in [2.24, 2.45) is 0 Å². The summed E-state index contributed by atoms with van der Waals surface area (Å²) in [5.74, 6) is 0.506. The molecule has 1 amide bonds. The van der Waals surface area contributed by atoms with Gasteiger partial charge in [-0.3, -0.25) is 4.79 Å². The van der Waals surface area contributed by atoms with Gasteiger partial charge in [0.25, 0.3) is 5.91 Å². The lowest BCUT2D eigenvalue weighted by Gasteiger charge is -2.45. The van der Waals surface area contributed by atoms with Crippen LogP contribution in [0.4, 0.5) is 11.6 Å². The molecule has 3 aromatic rings. The molecule has 2 N–H and O–H groups in total. The summed E-state index contributed by atoms with van der Waals surface area (Å²) in [4.78, 5) is 19.5. The predicted molar refractivity (Wildman–Crippen MR) is 105 cm³/mol. The molecule has 2 bridgehead atoms. The molecule has 6 heterocycles. The molecule has 0 spiro atoms. The van der Waals surface area contributed by atoms with E-state index < -0.39 is 0 Å². The summed E-state index contributed by atoms with van der Waals surface area (Å²) >= 11 is 4.98. The molecule has 3 aliphatic heterocycles. The summed E-state index contributed by atoms with van der Waals surface area (Å²) in [5.41, 5.74) is 2.08. The van der Waals surface area contributed by atoms with E-state index in [9.17, 15) is 4.79 Å². The summed E-state index contributed by atoms with van der Waals surface area (Å²) in [5, 5.41) is 13.1. The molecule has 3 saturated heterocycles. The number of amides is 1. The van der Waals surface area contributed by atoms with Gasteiger partial charge in [-0.25, -0.2) is 9.50 Å². The van der Waals surface area contributed by atoms with Crippen molar-refractivity contribution in [1.29, 1.82) is 0 Å². The van der Waals surface area contributed by atoms with E-state index in [1.165, 1.54) is 17.8 Å². The van der Waals surface area contributed by atoms with Crippen molar-refractivity contribution in [2.75, 3.05) is 23.3 Å². The Bertz CT molecular complexity index is 977. The van der Waals surface area contributed by atoms with E-state index in [0.29, 0.717) is 23.7 Å². The maximum Gasteiger partial charge on any atom is 0.274 e. The molecule has 0 aromatic carbocycles. The van der Waals surface area contributed by atoms with Crippen LogP contribution < -0.4 is 15.5 Å². The van der Waals surface area contributed by atoms with E-state index in [-0.39, 0.29) is 5.91 Å². The van der Waals surface area contributed by atoms with Gasteiger partial charge in [0.2, 0.25) is 5.95 Å². The van der Waals surface area contributed by atoms with E-state index in [4.69, 9.17) is 0 Å². The second-order valence-electron chi connectivity index (χ2n) is 6.66. The van der Waals surface area contributed by atoms with Gasteiger partial charge in [-0.1, -0.05) is 0 Å². The highest BCUT2D eigenvalue weighted by Gasteiger charge is 2.35. The molecule has 26 heavy (non-hydrogen) atoms. The Morgan fingerprint density at radius 2 is 2.27 bits per heavy atom. The first kappa shape index (κ1) is 16.2. The maximum absolute atomic E-state index is 12.7. The van der Waals surface area contributed by atoms with Gasteiger partial charge in [0.05, 0.1) is 21.2 Å². The highest BCUT2D eigenvalue weighted by atomic mass is 79.9. The highest BCUT2D eigenvalue weighted by molar-refractivity contribution is 9.11. The Morgan fingerprint density at radius 3 is 2.96 bits per heavy atom. The van der Waals surface area contributed by atoms with Gasteiger partial charge in [0.1, 0.15) is 5.69 Å². The number of aromatic nitrogens is 3. The number of piperidine rings is 2. The van der Waals surface area contributed by atoms with Crippen molar-refractivity contribution in [3.8, 4) is 0 Å².